The van der Waals surface area contributed by atoms with Crippen molar-refractivity contribution >= 4 is 153 Å². The molecule has 4 aliphatic rings. The lowest BCUT2D eigenvalue weighted by Gasteiger charge is -2.42. The molecule has 23 rings (SSSR count). The highest BCUT2D eigenvalue weighted by Gasteiger charge is 2.45. The third-order valence-electron chi connectivity index (χ3n) is 26.3. The Labute approximate surface area is 697 Å². The molecule has 0 fully saturated rings. The van der Waals surface area contributed by atoms with E-state index in [1.165, 1.54) is 0 Å². The molecular weight excluding hydrogens is 1390 g/mol. The summed E-state index contributed by atoms with van der Waals surface area (Å²) >= 11 is 0. The molecular formula is C110H91BN4. The molecule has 4 nitrogen and oxygen atoms in total. The van der Waals surface area contributed by atoms with E-state index in [1.807, 2.05) is 230 Å². The number of rotatable bonds is 4. The van der Waals surface area contributed by atoms with Gasteiger partial charge in [-0.2, -0.15) is 0 Å². The van der Waals surface area contributed by atoms with Gasteiger partial charge in [0.05, 0.1) is 80.2 Å². The van der Waals surface area contributed by atoms with Crippen LogP contribution in [-0.4, -0.2) is 25.0 Å². The van der Waals surface area contributed by atoms with Gasteiger partial charge < -0.3 is 18.3 Å². The second kappa shape index (κ2) is 24.1. The predicted octanol–water partition coefficient (Wildman–Crippen LogP) is 27.4. The maximum Gasteiger partial charge on any atom is 0.252 e. The Hall–Kier alpha value is -12.4. The van der Waals surface area contributed by atoms with E-state index in [1.54, 1.807) is 9.13 Å². The van der Waals surface area contributed by atoms with E-state index in [0.29, 0.717) is 113 Å². The van der Waals surface area contributed by atoms with Crippen LogP contribution in [0.2, 0.25) is 0 Å². The van der Waals surface area contributed by atoms with E-state index in [-0.39, 0.29) is 146 Å². The molecule has 0 amide bonds. The highest BCUT2D eigenvalue weighted by molar-refractivity contribution is 7.00. The number of hydrogen-bond acceptors (Lipinski definition) is 0. The van der Waals surface area contributed by atoms with Crippen LogP contribution in [0.1, 0.15) is 154 Å². The summed E-state index contributed by atoms with van der Waals surface area (Å²) in [7, 11) is 0. The fourth-order valence-corrected chi connectivity index (χ4v) is 20.3. The minimum absolute atomic E-state index is 0.0149. The first-order chi connectivity index (χ1) is 63.3. The zero-order valence-electron chi connectivity index (χ0n) is 84.2. The van der Waals surface area contributed by atoms with Crippen molar-refractivity contribution in [3.05, 3.63) is 331 Å². The van der Waals surface area contributed by atoms with Gasteiger partial charge in [0.2, 0.25) is 0 Å². The first-order valence-electron chi connectivity index (χ1n) is 49.3. The molecule has 0 N–H and O–H groups in total. The lowest BCUT2D eigenvalue weighted by Crippen LogP contribution is -2.60. The molecule has 19 aromatic rings. The molecule has 554 valence electrons. The summed E-state index contributed by atoms with van der Waals surface area (Å²) in [5, 5.41) is 6.68. The molecule has 0 saturated carbocycles. The van der Waals surface area contributed by atoms with Crippen molar-refractivity contribution in [2.75, 3.05) is 0 Å². The van der Waals surface area contributed by atoms with Crippen LogP contribution >= 0.6 is 0 Å². The Balaban J connectivity index is 1.09. The molecule has 15 aromatic carbocycles. The molecule has 6 heterocycles. The highest BCUT2D eigenvalue weighted by Crippen LogP contribution is 2.54. The van der Waals surface area contributed by atoms with Gasteiger partial charge in [0.25, 0.3) is 6.71 Å². The van der Waals surface area contributed by atoms with Crippen LogP contribution in [-0.2, 0) is 27.1 Å². The van der Waals surface area contributed by atoms with Gasteiger partial charge in [0.15, 0.2) is 0 Å². The van der Waals surface area contributed by atoms with Gasteiger partial charge in [-0.15, -0.1) is 0 Å². The van der Waals surface area contributed by atoms with Crippen molar-refractivity contribution in [2.45, 2.75) is 129 Å². The van der Waals surface area contributed by atoms with E-state index in [2.05, 4.69) is 49.0 Å². The van der Waals surface area contributed by atoms with Crippen molar-refractivity contribution in [1.82, 2.24) is 18.3 Å². The van der Waals surface area contributed by atoms with E-state index < -0.39 is 106 Å². The van der Waals surface area contributed by atoms with Crippen LogP contribution in [0.4, 0.5) is 0 Å². The van der Waals surface area contributed by atoms with Crippen LogP contribution in [0.25, 0.3) is 175 Å². The molecule has 0 bridgehead atoms. The second-order valence-electron chi connectivity index (χ2n) is 36.0. The average molecular weight is 1500 g/mol. The smallest absolute Gasteiger partial charge is 0.252 e. The third-order valence-corrected chi connectivity index (χ3v) is 26.3. The summed E-state index contributed by atoms with van der Waals surface area (Å²) in [6, 6.07) is 56.7. The van der Waals surface area contributed by atoms with E-state index in [4.69, 9.17) is 0 Å². The zero-order chi connectivity index (χ0) is 93.3. The van der Waals surface area contributed by atoms with E-state index in [0.717, 1.165) is 21.9 Å². The molecule has 0 spiro atoms. The summed E-state index contributed by atoms with van der Waals surface area (Å²) in [5.41, 5.74) is 2.64. The van der Waals surface area contributed by atoms with Crippen molar-refractivity contribution in [3.8, 4) is 45.0 Å². The molecule has 0 radical (unpaired) electrons. The molecule has 115 heavy (non-hydrogen) atoms. The standard InChI is InChI=1S/C110H91BN4/c1-106(2,3)68-60-97-101-98(61-68)115-103-70(67-34-16-13-17-35-67)47-31-49-82(103)76-41-21-19-37-72(76)74-39-23-25-45-80(74)100-94(113-92-51-29-27-43-78(92)84-63-86-88(65-96(84)113)110(10,11)59-57-108(86,6)7)55-53-90(105(100)115)111(101)89-52-54-93(112-91-50-28-26-42-77(91)83-62-85-87(64-95(83)112)109(8,9)58-56-107(85,4)5)99-79-44-24-22-38-73(79)71-36-18-20-40-75(71)81-48-30-46-69(66-32-14-12-15-33-66)102(81)114(97)104(89)99/h12-55,60-65H,56-59H2,1-11H3/i26D,27D,28D,29D,42D,43D,50D,51D,52D,53D,54D,55D,60D,61D,62D,63D,64D,65D. The summed E-state index contributed by atoms with van der Waals surface area (Å²) < 4.78 is 205. The molecule has 2 aliphatic carbocycles. The Bertz CT molecular complexity index is 8350. The quantitative estimate of drug-likeness (QED) is 0.157. The van der Waals surface area contributed by atoms with Crippen LogP contribution in [0, 0.1) is 0 Å². The van der Waals surface area contributed by atoms with Gasteiger partial charge in [-0.3, -0.25) is 0 Å². The monoisotopic (exact) mass is 1500 g/mol. The van der Waals surface area contributed by atoms with E-state index in [9.17, 15) is 24.7 Å². The summed E-state index contributed by atoms with van der Waals surface area (Å²) in [5.74, 6) is 0. The Morgan fingerprint density at radius 2 is 0.617 bits per heavy atom. The SMILES string of the molecule is [2H]c1c2c3c(c([2H])c1C(C)(C)C)-n1c4c(-c5ccccc5)cccc4c4ccccc4c4ccccc4c4c(-n5c6c([2H])c([2H])c([2H])c([2H])c6c6c([2H])c7c(c([2H])c65)C(C)(C)CCC7(C)C)c([2H])c([2H])c(c41)B3c1c([2H])c([2H])c(-n3c4c([2H])c([2H])c([2H])c([2H])c4c4c([2H])c5c(c([2H])c43)C(C)(C)CCC5(C)C)c3c4ccccc4c4ccccc4c4cccc(-c5ccccc5)c4n-2c13. The minimum atomic E-state index is -1.63. The first-order valence-corrected chi connectivity index (χ1v) is 40.3. The fourth-order valence-electron chi connectivity index (χ4n) is 20.3. The molecule has 2 aliphatic heterocycles. The minimum Gasteiger partial charge on any atom is -0.309 e. The van der Waals surface area contributed by atoms with Crippen LogP contribution in [0.15, 0.2) is 303 Å². The predicted molar refractivity (Wildman–Crippen MR) is 494 cm³/mol. The lowest BCUT2D eigenvalue weighted by molar-refractivity contribution is 0.332. The number of aromatic nitrogens is 4. The number of nitrogens with zero attached hydrogens (tertiary/aromatic N) is 4. The van der Waals surface area contributed by atoms with Crippen molar-refractivity contribution < 1.29 is 24.7 Å². The average Bonchev–Trinajstić information content (AvgIpc) is 1.30. The van der Waals surface area contributed by atoms with Crippen LogP contribution < -0.4 is 16.4 Å². The molecule has 0 unspecified atom stereocenters. The Morgan fingerprint density at radius 3 is 1.00 bits per heavy atom. The summed E-state index contributed by atoms with van der Waals surface area (Å²) in [6.07, 6.45) is 2.44. The van der Waals surface area contributed by atoms with Crippen molar-refractivity contribution in [2.24, 2.45) is 0 Å². The Kier molecular flexibility index (Phi) is 10.9. The maximum absolute atomic E-state index is 12.2. The number of para-hydroxylation sites is 4. The summed E-state index contributed by atoms with van der Waals surface area (Å²) in [6.45, 7) is 20.7. The summed E-state index contributed by atoms with van der Waals surface area (Å²) in [4.78, 5) is 0. The normalized spacial score (nSPS) is 17.7. The first kappa shape index (κ1) is 52.1. The second-order valence-corrected chi connectivity index (χ2v) is 36.0. The fraction of sp³-hybridized carbons (Fsp3) is 0.182. The van der Waals surface area contributed by atoms with Crippen molar-refractivity contribution in [1.29, 1.82) is 0 Å². The van der Waals surface area contributed by atoms with E-state index >= 15 is 0 Å². The topological polar surface area (TPSA) is 19.7 Å². The number of benzene rings is 15. The lowest BCUT2D eigenvalue weighted by atomic mass is 9.34. The number of fused-ring (bicyclic) bond motifs is 26. The highest BCUT2D eigenvalue weighted by atomic mass is 15.1. The largest absolute Gasteiger partial charge is 0.309 e. The van der Waals surface area contributed by atoms with Gasteiger partial charge in [0.1, 0.15) is 0 Å². The van der Waals surface area contributed by atoms with Crippen LogP contribution in [0.3, 0.4) is 0 Å². The number of hydrogen-bond donors (Lipinski definition) is 0. The Morgan fingerprint density at radius 1 is 0.287 bits per heavy atom. The van der Waals surface area contributed by atoms with Crippen molar-refractivity contribution in [3.63, 3.8) is 0 Å². The molecule has 4 aromatic heterocycles. The van der Waals surface area contributed by atoms with Crippen LogP contribution in [0.5, 0.6) is 0 Å². The zero-order valence-corrected chi connectivity index (χ0v) is 66.2. The van der Waals surface area contributed by atoms with Gasteiger partial charge >= 0.3 is 0 Å². The molecule has 0 atom stereocenters. The maximum atomic E-state index is 12.2. The van der Waals surface area contributed by atoms with Gasteiger partial charge in [-0.1, -0.05) is 319 Å². The van der Waals surface area contributed by atoms with Gasteiger partial charge in [-0.25, -0.2) is 0 Å². The molecule has 5 heteroatoms. The third kappa shape index (κ3) is 9.62. The van der Waals surface area contributed by atoms with Gasteiger partial charge in [-0.05, 0) is 212 Å². The molecule has 0 saturated heterocycles. The van der Waals surface area contributed by atoms with Gasteiger partial charge in [0, 0.05) is 65.6 Å².